The number of H-pyrrole nitrogens is 1. The van der Waals surface area contributed by atoms with Crippen molar-refractivity contribution >= 4 is 11.5 Å². The van der Waals surface area contributed by atoms with Gasteiger partial charge in [-0.15, -0.1) is 0 Å². The van der Waals surface area contributed by atoms with Crippen LogP contribution in [0.1, 0.15) is 35.2 Å². The summed E-state index contributed by atoms with van der Waals surface area (Å²) in [6.45, 7) is 3.79. The maximum absolute atomic E-state index is 15.0. The monoisotopic (exact) mass is 480 g/mol. The standard InChI is InChI=1S/C28H25FN6O/c1-18(21-7-8-22(24(29)13-21)20-5-3-2-4-6-20)25-14-26-32-28(36)23-16-34(15-19-9-11-30-12-10-19)17-31-27(23)35(26)33-25/h2-14,18,31H,15-17H2,1H3,(H,32,36). The van der Waals surface area contributed by atoms with Gasteiger partial charge >= 0.3 is 0 Å². The third-order valence-corrected chi connectivity index (χ3v) is 6.77. The van der Waals surface area contributed by atoms with E-state index >= 15 is 0 Å². The third kappa shape index (κ3) is 4.05. The van der Waals surface area contributed by atoms with Crippen molar-refractivity contribution in [1.82, 2.24) is 24.5 Å². The molecule has 0 aliphatic carbocycles. The number of hydrogen-bond donors (Lipinski definition) is 2. The van der Waals surface area contributed by atoms with Gasteiger partial charge in [0.15, 0.2) is 0 Å². The molecule has 0 fully saturated rings. The average Bonchev–Trinajstić information content (AvgIpc) is 3.33. The van der Waals surface area contributed by atoms with Crippen molar-refractivity contribution < 1.29 is 4.39 Å². The fraction of sp³-hybridized carbons (Fsp3) is 0.179. The smallest absolute Gasteiger partial charge is 0.257 e. The lowest BCUT2D eigenvalue weighted by Crippen LogP contribution is -2.38. The molecule has 3 aromatic heterocycles. The number of nitrogens with zero attached hydrogens (tertiary/aromatic N) is 4. The molecule has 0 bridgehead atoms. The number of fused-ring (bicyclic) bond motifs is 3. The molecular weight excluding hydrogens is 455 g/mol. The van der Waals surface area contributed by atoms with Crippen LogP contribution in [0.2, 0.25) is 0 Å². The minimum absolute atomic E-state index is 0.137. The van der Waals surface area contributed by atoms with E-state index in [0.29, 0.717) is 42.4 Å². The summed E-state index contributed by atoms with van der Waals surface area (Å²) in [4.78, 5) is 22.1. The van der Waals surface area contributed by atoms with Crippen LogP contribution in [-0.4, -0.2) is 31.2 Å². The number of aromatic amines is 1. The molecule has 2 N–H and O–H groups in total. The lowest BCUT2D eigenvalue weighted by Gasteiger charge is -2.29. The molecule has 7 nitrogen and oxygen atoms in total. The number of nitrogens with one attached hydrogen (secondary N) is 2. The minimum atomic E-state index is -0.268. The Morgan fingerprint density at radius 3 is 2.64 bits per heavy atom. The predicted octanol–water partition coefficient (Wildman–Crippen LogP) is 4.76. The van der Waals surface area contributed by atoms with Crippen LogP contribution in [0.3, 0.4) is 0 Å². The Balaban J connectivity index is 1.29. The van der Waals surface area contributed by atoms with Crippen LogP contribution in [0.15, 0.2) is 83.9 Å². The van der Waals surface area contributed by atoms with Gasteiger partial charge < -0.3 is 10.3 Å². The summed E-state index contributed by atoms with van der Waals surface area (Å²) in [7, 11) is 0. The molecule has 0 spiro atoms. The highest BCUT2D eigenvalue weighted by atomic mass is 19.1. The molecule has 1 unspecified atom stereocenters. The second-order valence-corrected chi connectivity index (χ2v) is 9.15. The van der Waals surface area contributed by atoms with Crippen LogP contribution < -0.4 is 10.9 Å². The highest BCUT2D eigenvalue weighted by Crippen LogP contribution is 2.30. The van der Waals surface area contributed by atoms with Gasteiger partial charge in [0.25, 0.3) is 5.56 Å². The van der Waals surface area contributed by atoms with E-state index in [2.05, 4.69) is 20.2 Å². The van der Waals surface area contributed by atoms with Crippen LogP contribution in [0, 0.1) is 5.82 Å². The molecule has 0 saturated carbocycles. The molecule has 1 aliphatic rings. The lowest BCUT2D eigenvalue weighted by molar-refractivity contribution is 0.264. The summed E-state index contributed by atoms with van der Waals surface area (Å²) in [6, 6.07) is 20.6. The lowest BCUT2D eigenvalue weighted by atomic mass is 9.95. The number of benzene rings is 2. The van der Waals surface area contributed by atoms with Crippen molar-refractivity contribution in [3.8, 4) is 11.1 Å². The molecular formula is C28H25FN6O. The summed E-state index contributed by atoms with van der Waals surface area (Å²) < 4.78 is 16.7. The maximum Gasteiger partial charge on any atom is 0.257 e. The summed E-state index contributed by atoms with van der Waals surface area (Å²) >= 11 is 0. The zero-order chi connectivity index (χ0) is 24.6. The maximum atomic E-state index is 15.0. The number of anilines is 1. The summed E-state index contributed by atoms with van der Waals surface area (Å²) in [5.41, 5.74) is 5.24. The summed E-state index contributed by atoms with van der Waals surface area (Å²) in [5, 5.41) is 8.17. The van der Waals surface area contributed by atoms with E-state index in [1.807, 2.05) is 67.6 Å². The Labute approximate surface area is 207 Å². The van der Waals surface area contributed by atoms with Gasteiger partial charge in [-0.05, 0) is 34.9 Å². The van der Waals surface area contributed by atoms with Crippen LogP contribution in [0.25, 0.3) is 16.8 Å². The minimum Gasteiger partial charge on any atom is -0.357 e. The fourth-order valence-electron chi connectivity index (χ4n) is 4.77. The molecule has 8 heteroatoms. The molecule has 2 aromatic carbocycles. The first-order valence-corrected chi connectivity index (χ1v) is 11.9. The second-order valence-electron chi connectivity index (χ2n) is 9.15. The van der Waals surface area contributed by atoms with Crippen molar-refractivity contribution in [2.24, 2.45) is 0 Å². The van der Waals surface area contributed by atoms with Crippen molar-refractivity contribution in [2.45, 2.75) is 25.9 Å². The zero-order valence-corrected chi connectivity index (χ0v) is 19.8. The van der Waals surface area contributed by atoms with E-state index in [-0.39, 0.29) is 17.3 Å². The van der Waals surface area contributed by atoms with E-state index in [9.17, 15) is 9.18 Å². The van der Waals surface area contributed by atoms with Gasteiger partial charge in [0.2, 0.25) is 0 Å². The molecule has 36 heavy (non-hydrogen) atoms. The van der Waals surface area contributed by atoms with Crippen LogP contribution >= 0.6 is 0 Å². The van der Waals surface area contributed by atoms with Crippen LogP contribution in [-0.2, 0) is 13.1 Å². The molecule has 0 radical (unpaired) electrons. The number of aromatic nitrogens is 4. The highest BCUT2D eigenvalue weighted by molar-refractivity contribution is 5.64. The van der Waals surface area contributed by atoms with Crippen LogP contribution in [0.5, 0.6) is 0 Å². The van der Waals surface area contributed by atoms with Gasteiger partial charge in [-0.3, -0.25) is 14.7 Å². The van der Waals surface area contributed by atoms with E-state index in [1.54, 1.807) is 23.0 Å². The molecule has 5 aromatic rings. The molecule has 1 atom stereocenters. The Morgan fingerprint density at radius 1 is 1.06 bits per heavy atom. The molecule has 180 valence electrons. The summed E-state index contributed by atoms with van der Waals surface area (Å²) in [5.74, 6) is 0.273. The largest absolute Gasteiger partial charge is 0.357 e. The second kappa shape index (κ2) is 9.05. The van der Waals surface area contributed by atoms with Gasteiger partial charge in [-0.1, -0.05) is 49.4 Å². The Hall–Kier alpha value is -4.30. The van der Waals surface area contributed by atoms with Crippen molar-refractivity contribution in [1.29, 1.82) is 0 Å². The number of halogens is 1. The third-order valence-electron chi connectivity index (χ3n) is 6.77. The Morgan fingerprint density at radius 2 is 1.86 bits per heavy atom. The topological polar surface area (TPSA) is 78.3 Å². The van der Waals surface area contributed by atoms with E-state index < -0.39 is 0 Å². The first-order valence-electron chi connectivity index (χ1n) is 11.9. The summed E-state index contributed by atoms with van der Waals surface area (Å²) in [6.07, 6.45) is 3.54. The fourth-order valence-corrected chi connectivity index (χ4v) is 4.77. The molecule has 1 aliphatic heterocycles. The molecule has 0 amide bonds. The molecule has 0 saturated heterocycles. The van der Waals surface area contributed by atoms with Gasteiger partial charge in [0.1, 0.15) is 17.3 Å². The van der Waals surface area contributed by atoms with Gasteiger partial charge in [-0.25, -0.2) is 8.91 Å². The Kier molecular flexibility index (Phi) is 5.58. The number of rotatable bonds is 5. The molecule has 6 rings (SSSR count). The van der Waals surface area contributed by atoms with Crippen LogP contribution in [0.4, 0.5) is 10.2 Å². The van der Waals surface area contributed by atoms with Crippen molar-refractivity contribution in [3.05, 3.63) is 118 Å². The first-order chi connectivity index (χ1) is 17.6. The van der Waals surface area contributed by atoms with Gasteiger partial charge in [0.05, 0.1) is 17.9 Å². The van der Waals surface area contributed by atoms with E-state index in [4.69, 9.17) is 5.10 Å². The quantitative estimate of drug-likeness (QED) is 0.379. The SMILES string of the molecule is CC(c1ccc(-c2ccccc2)c(F)c1)c1cc2[nH]c(=O)c3c(n2n1)NCN(Cc1ccncc1)C3. The molecule has 4 heterocycles. The van der Waals surface area contributed by atoms with Crippen molar-refractivity contribution in [3.63, 3.8) is 0 Å². The van der Waals surface area contributed by atoms with Crippen molar-refractivity contribution in [2.75, 3.05) is 12.0 Å². The van der Waals surface area contributed by atoms with Gasteiger partial charge in [0, 0.05) is 43.0 Å². The zero-order valence-electron chi connectivity index (χ0n) is 19.8. The Bertz CT molecular complexity index is 1600. The van der Waals surface area contributed by atoms with E-state index in [0.717, 1.165) is 22.4 Å². The average molecular weight is 481 g/mol. The van der Waals surface area contributed by atoms with E-state index in [1.165, 1.54) is 0 Å². The first kappa shape index (κ1) is 22.2. The predicted molar refractivity (Wildman–Crippen MR) is 137 cm³/mol. The number of hydrogen-bond acceptors (Lipinski definition) is 5. The van der Waals surface area contributed by atoms with Gasteiger partial charge in [-0.2, -0.15) is 5.10 Å². The highest BCUT2D eigenvalue weighted by Gasteiger charge is 2.24. The number of pyridine rings is 1. The normalized spacial score (nSPS) is 14.4.